The van der Waals surface area contributed by atoms with Gasteiger partial charge in [-0.3, -0.25) is 9.69 Å². The number of hydrogen-bond acceptors (Lipinski definition) is 4. The summed E-state index contributed by atoms with van der Waals surface area (Å²) in [5, 5.41) is 11.7. The van der Waals surface area contributed by atoms with Gasteiger partial charge >= 0.3 is 6.03 Å². The van der Waals surface area contributed by atoms with Crippen LogP contribution >= 0.6 is 15.9 Å². The first-order valence-electron chi connectivity index (χ1n) is 8.28. The van der Waals surface area contributed by atoms with Crippen molar-refractivity contribution in [1.82, 2.24) is 10.2 Å². The van der Waals surface area contributed by atoms with E-state index in [4.69, 9.17) is 10.00 Å². The summed E-state index contributed by atoms with van der Waals surface area (Å²) in [5.74, 6) is 0.272. The minimum Gasteiger partial charge on any atom is -0.488 e. The van der Waals surface area contributed by atoms with Crippen molar-refractivity contribution in [2.45, 2.75) is 13.5 Å². The Morgan fingerprint density at radius 2 is 2.04 bits per heavy atom. The summed E-state index contributed by atoms with van der Waals surface area (Å²) in [6, 6.07) is 14.3. The Balaban J connectivity index is 1.75. The molecule has 2 aromatic rings. The molecule has 0 unspecified atom stereocenters. The van der Waals surface area contributed by atoms with Gasteiger partial charge in [0.05, 0.1) is 16.1 Å². The number of halogens is 1. The summed E-state index contributed by atoms with van der Waals surface area (Å²) in [5.41, 5.74) is 2.36. The minimum absolute atomic E-state index is 0.241. The van der Waals surface area contributed by atoms with Gasteiger partial charge in [0.1, 0.15) is 18.1 Å². The number of carbonyl (C=O) groups is 2. The van der Waals surface area contributed by atoms with E-state index in [-0.39, 0.29) is 18.2 Å². The zero-order valence-corrected chi connectivity index (χ0v) is 16.1. The maximum Gasteiger partial charge on any atom is 0.328 e. The Labute approximate surface area is 165 Å². The third kappa shape index (κ3) is 4.01. The highest BCUT2D eigenvalue weighted by atomic mass is 79.9. The zero-order valence-electron chi connectivity index (χ0n) is 14.5. The first-order chi connectivity index (χ1) is 13.0. The molecule has 0 spiro atoms. The van der Waals surface area contributed by atoms with Crippen LogP contribution in [0.1, 0.15) is 23.6 Å². The van der Waals surface area contributed by atoms with Crippen molar-refractivity contribution in [3.8, 4) is 11.8 Å². The predicted molar refractivity (Wildman–Crippen MR) is 104 cm³/mol. The predicted octanol–water partition coefficient (Wildman–Crippen LogP) is 3.81. The maximum atomic E-state index is 12.1. The van der Waals surface area contributed by atoms with Crippen molar-refractivity contribution in [1.29, 1.82) is 5.26 Å². The number of hydrogen-bond donors (Lipinski definition) is 1. The summed E-state index contributed by atoms with van der Waals surface area (Å²) in [6.45, 7) is 2.33. The lowest BCUT2D eigenvalue weighted by molar-refractivity contribution is -0.122. The zero-order chi connectivity index (χ0) is 19.4. The monoisotopic (exact) mass is 425 g/mol. The van der Waals surface area contributed by atoms with Crippen LogP contribution in [0.3, 0.4) is 0 Å². The lowest BCUT2D eigenvalue weighted by atomic mass is 10.1. The van der Waals surface area contributed by atoms with Gasteiger partial charge in [-0.1, -0.05) is 24.3 Å². The Bertz CT molecular complexity index is 979. The van der Waals surface area contributed by atoms with Crippen molar-refractivity contribution >= 4 is 33.9 Å². The fraction of sp³-hybridized carbons (Fsp3) is 0.150. The van der Waals surface area contributed by atoms with Crippen molar-refractivity contribution in [3.63, 3.8) is 0 Å². The molecule has 27 heavy (non-hydrogen) atoms. The van der Waals surface area contributed by atoms with E-state index in [0.717, 1.165) is 16.0 Å². The molecule has 136 valence electrons. The number of urea groups is 1. The molecule has 1 aliphatic heterocycles. The van der Waals surface area contributed by atoms with E-state index >= 15 is 0 Å². The smallest absolute Gasteiger partial charge is 0.328 e. The van der Waals surface area contributed by atoms with Crippen LogP contribution in [0.15, 0.2) is 52.6 Å². The van der Waals surface area contributed by atoms with Gasteiger partial charge in [-0.25, -0.2) is 4.79 Å². The van der Waals surface area contributed by atoms with Crippen LogP contribution in [0.5, 0.6) is 5.75 Å². The van der Waals surface area contributed by atoms with Gasteiger partial charge in [0.25, 0.3) is 5.91 Å². The third-order valence-corrected chi connectivity index (χ3v) is 4.69. The van der Waals surface area contributed by atoms with Crippen LogP contribution in [0.4, 0.5) is 4.79 Å². The number of rotatable bonds is 5. The van der Waals surface area contributed by atoms with E-state index in [1.807, 2.05) is 18.2 Å². The van der Waals surface area contributed by atoms with Gasteiger partial charge < -0.3 is 10.1 Å². The summed E-state index contributed by atoms with van der Waals surface area (Å²) >= 11 is 3.46. The molecule has 1 N–H and O–H groups in total. The van der Waals surface area contributed by atoms with Crippen LogP contribution in [0.2, 0.25) is 0 Å². The standard InChI is InChI=1S/C20H16BrN3O3/c1-2-24-19(25)17(23-20(24)26)10-13-7-8-18(16(21)9-13)27-12-15-6-4-3-5-14(15)11-22/h3-10H,2,12H2,1H3,(H,23,26)/b17-10+. The molecule has 7 heteroatoms. The van der Waals surface area contributed by atoms with Crippen molar-refractivity contribution in [2.24, 2.45) is 0 Å². The molecule has 3 amide bonds. The summed E-state index contributed by atoms with van der Waals surface area (Å²) in [7, 11) is 0. The molecule has 6 nitrogen and oxygen atoms in total. The number of imide groups is 1. The van der Waals surface area contributed by atoms with E-state index in [0.29, 0.717) is 22.3 Å². The minimum atomic E-state index is -0.413. The van der Waals surface area contributed by atoms with Gasteiger partial charge in [-0.15, -0.1) is 0 Å². The van der Waals surface area contributed by atoms with Crippen LogP contribution in [0.25, 0.3) is 6.08 Å². The average molecular weight is 426 g/mol. The van der Waals surface area contributed by atoms with Crippen molar-refractivity contribution < 1.29 is 14.3 Å². The SMILES string of the molecule is CCN1C(=O)N/C(=C/c2ccc(OCc3ccccc3C#N)c(Br)c2)C1=O. The molecular formula is C20H16BrN3O3. The van der Waals surface area contributed by atoms with Gasteiger partial charge in [-0.2, -0.15) is 5.26 Å². The van der Waals surface area contributed by atoms with Crippen LogP contribution < -0.4 is 10.1 Å². The number of nitrogens with zero attached hydrogens (tertiary/aromatic N) is 2. The second-order valence-corrected chi connectivity index (χ2v) is 6.64. The topological polar surface area (TPSA) is 82.4 Å². The average Bonchev–Trinajstić information content (AvgIpc) is 2.94. The van der Waals surface area contributed by atoms with Gasteiger partial charge in [0.15, 0.2) is 0 Å². The van der Waals surface area contributed by atoms with E-state index in [1.54, 1.807) is 37.3 Å². The van der Waals surface area contributed by atoms with Gasteiger partial charge in [0.2, 0.25) is 0 Å². The number of nitrogens with one attached hydrogen (secondary N) is 1. The van der Waals surface area contributed by atoms with E-state index in [2.05, 4.69) is 27.3 Å². The van der Waals surface area contributed by atoms with Gasteiger partial charge in [0, 0.05) is 12.1 Å². The van der Waals surface area contributed by atoms with Crippen molar-refractivity contribution in [3.05, 3.63) is 69.3 Å². The third-order valence-electron chi connectivity index (χ3n) is 4.07. The second kappa shape index (κ2) is 8.06. The number of ether oxygens (including phenoxy) is 1. The van der Waals surface area contributed by atoms with E-state index < -0.39 is 6.03 Å². The number of amides is 3. The quantitative estimate of drug-likeness (QED) is 0.582. The lowest BCUT2D eigenvalue weighted by Crippen LogP contribution is -2.30. The molecule has 0 radical (unpaired) electrons. The molecule has 1 fully saturated rings. The molecule has 1 aliphatic rings. The molecule has 0 bridgehead atoms. The number of carbonyl (C=O) groups excluding carboxylic acids is 2. The number of nitriles is 1. The lowest BCUT2D eigenvalue weighted by Gasteiger charge is -2.10. The largest absolute Gasteiger partial charge is 0.488 e. The van der Waals surface area contributed by atoms with E-state index in [9.17, 15) is 9.59 Å². The summed E-state index contributed by atoms with van der Waals surface area (Å²) in [4.78, 5) is 25.0. The highest BCUT2D eigenvalue weighted by Gasteiger charge is 2.31. The molecule has 2 aromatic carbocycles. The Hall–Kier alpha value is -3.11. The number of likely N-dealkylation sites (N-methyl/N-ethyl adjacent to an activating group) is 1. The molecule has 1 heterocycles. The molecular weight excluding hydrogens is 410 g/mol. The molecule has 1 saturated heterocycles. The molecule has 0 aromatic heterocycles. The van der Waals surface area contributed by atoms with Gasteiger partial charge in [-0.05, 0) is 52.7 Å². The van der Waals surface area contributed by atoms with E-state index in [1.165, 1.54) is 0 Å². The Morgan fingerprint density at radius 1 is 1.26 bits per heavy atom. The summed E-state index contributed by atoms with van der Waals surface area (Å²) in [6.07, 6.45) is 1.62. The fourth-order valence-corrected chi connectivity index (χ4v) is 3.17. The van der Waals surface area contributed by atoms with Crippen LogP contribution in [0, 0.1) is 11.3 Å². The Morgan fingerprint density at radius 3 is 2.70 bits per heavy atom. The highest BCUT2D eigenvalue weighted by Crippen LogP contribution is 2.28. The summed E-state index contributed by atoms with van der Waals surface area (Å²) < 4.78 is 6.50. The molecule has 0 atom stereocenters. The van der Waals surface area contributed by atoms with Crippen LogP contribution in [-0.2, 0) is 11.4 Å². The first-order valence-corrected chi connectivity index (χ1v) is 9.07. The Kier molecular flexibility index (Phi) is 5.57. The molecule has 0 saturated carbocycles. The maximum absolute atomic E-state index is 12.1. The highest BCUT2D eigenvalue weighted by molar-refractivity contribution is 9.10. The number of benzene rings is 2. The first kappa shape index (κ1) is 18.7. The second-order valence-electron chi connectivity index (χ2n) is 5.79. The van der Waals surface area contributed by atoms with Crippen molar-refractivity contribution in [2.75, 3.05) is 6.54 Å². The fourth-order valence-electron chi connectivity index (χ4n) is 2.66. The normalized spacial score (nSPS) is 15.0. The molecule has 3 rings (SSSR count). The van der Waals surface area contributed by atoms with Crippen LogP contribution in [-0.4, -0.2) is 23.4 Å². The molecule has 0 aliphatic carbocycles.